The minimum atomic E-state index is 0.229. The van der Waals surface area contributed by atoms with Crippen LogP contribution in [0.5, 0.6) is 0 Å². The van der Waals surface area contributed by atoms with E-state index in [9.17, 15) is 0 Å². The Kier molecular flexibility index (Phi) is 4.78. The molecule has 1 aliphatic heterocycles. The second-order valence-electron chi connectivity index (χ2n) is 5.49. The van der Waals surface area contributed by atoms with Crippen molar-refractivity contribution >= 4 is 22.6 Å². The molecular formula is C13H24BrN3. The van der Waals surface area contributed by atoms with Gasteiger partial charge >= 0.3 is 0 Å². The Bertz CT molecular complexity index is 319. The smallest absolute Gasteiger partial charge is 0.0551 e. The highest BCUT2D eigenvalue weighted by Gasteiger charge is 2.35. The number of nitrogens with zero attached hydrogens (tertiary/aromatic N) is 3. The number of halogens is 1. The Morgan fingerprint density at radius 1 is 1.47 bits per heavy atom. The molecule has 1 fully saturated rings. The van der Waals surface area contributed by atoms with E-state index in [1.807, 2.05) is 6.92 Å². The van der Waals surface area contributed by atoms with Gasteiger partial charge in [-0.05, 0) is 47.6 Å². The molecule has 1 rings (SSSR count). The first kappa shape index (κ1) is 14.7. The highest BCUT2D eigenvalue weighted by atomic mass is 79.9. The largest absolute Gasteiger partial charge is 0.301 e. The van der Waals surface area contributed by atoms with Gasteiger partial charge in [-0.15, -0.1) is 0 Å². The Hall–Kier alpha value is -0.350. The van der Waals surface area contributed by atoms with E-state index in [-0.39, 0.29) is 5.54 Å². The summed E-state index contributed by atoms with van der Waals surface area (Å²) in [7, 11) is 2.19. The van der Waals surface area contributed by atoms with Gasteiger partial charge in [0.1, 0.15) is 0 Å². The van der Waals surface area contributed by atoms with Crippen LogP contribution in [0, 0.1) is 0 Å². The minimum absolute atomic E-state index is 0.229. The molecule has 1 heterocycles. The summed E-state index contributed by atoms with van der Waals surface area (Å²) >= 11 is 3.53. The summed E-state index contributed by atoms with van der Waals surface area (Å²) in [6.45, 7) is 13.5. The van der Waals surface area contributed by atoms with Crippen molar-refractivity contribution in [1.29, 1.82) is 0 Å². The van der Waals surface area contributed by atoms with Gasteiger partial charge in [0.25, 0.3) is 0 Å². The minimum Gasteiger partial charge on any atom is -0.301 e. The molecular weight excluding hydrogens is 278 g/mol. The van der Waals surface area contributed by atoms with Crippen LogP contribution in [-0.2, 0) is 0 Å². The van der Waals surface area contributed by atoms with Crippen molar-refractivity contribution in [2.45, 2.75) is 52.1 Å². The number of hydrogen-bond donors (Lipinski definition) is 0. The summed E-state index contributed by atoms with van der Waals surface area (Å²) in [5.41, 5.74) is 1.39. The fourth-order valence-electron chi connectivity index (χ4n) is 2.34. The van der Waals surface area contributed by atoms with Gasteiger partial charge in [0, 0.05) is 29.0 Å². The van der Waals surface area contributed by atoms with Crippen molar-refractivity contribution in [1.82, 2.24) is 9.91 Å². The number of likely N-dealkylation sites (tertiary alicyclic amines) is 1. The number of hydrazone groups is 1. The quantitative estimate of drug-likeness (QED) is 0.587. The first-order valence-corrected chi connectivity index (χ1v) is 6.89. The van der Waals surface area contributed by atoms with E-state index in [2.05, 4.69) is 65.5 Å². The fourth-order valence-corrected chi connectivity index (χ4v) is 2.52. The summed E-state index contributed by atoms with van der Waals surface area (Å²) in [6.07, 6.45) is 2.25. The predicted molar refractivity (Wildman–Crippen MR) is 78.4 cm³/mol. The first-order valence-electron chi connectivity index (χ1n) is 6.09. The molecule has 1 atom stereocenters. The maximum absolute atomic E-state index is 4.20. The lowest BCUT2D eigenvalue weighted by Gasteiger charge is -2.46. The highest BCUT2D eigenvalue weighted by molar-refractivity contribution is 9.11. The van der Waals surface area contributed by atoms with Crippen LogP contribution in [0.1, 0.15) is 40.5 Å². The van der Waals surface area contributed by atoms with Gasteiger partial charge in [-0.2, -0.15) is 5.10 Å². The highest BCUT2D eigenvalue weighted by Crippen LogP contribution is 2.31. The molecule has 0 amide bonds. The first-order chi connectivity index (χ1) is 7.79. The van der Waals surface area contributed by atoms with Crippen LogP contribution in [0.15, 0.2) is 15.3 Å². The number of piperidine rings is 1. The molecule has 0 spiro atoms. The lowest BCUT2D eigenvalue weighted by Crippen LogP contribution is -2.52. The molecule has 0 saturated carbocycles. The van der Waals surface area contributed by atoms with Crippen LogP contribution < -0.4 is 0 Å². The van der Waals surface area contributed by atoms with Gasteiger partial charge < -0.3 is 4.90 Å². The maximum atomic E-state index is 4.20. The van der Waals surface area contributed by atoms with Gasteiger partial charge in [0.05, 0.1) is 6.04 Å². The molecule has 0 N–H and O–H groups in total. The summed E-state index contributed by atoms with van der Waals surface area (Å²) in [4.78, 5) is 2.42. The Morgan fingerprint density at radius 2 is 2.06 bits per heavy atom. The maximum Gasteiger partial charge on any atom is 0.0551 e. The lowest BCUT2D eigenvalue weighted by atomic mass is 9.87. The third-order valence-corrected chi connectivity index (χ3v) is 4.48. The van der Waals surface area contributed by atoms with E-state index in [0.717, 1.165) is 29.6 Å². The van der Waals surface area contributed by atoms with Gasteiger partial charge in [0.15, 0.2) is 0 Å². The molecule has 0 aromatic heterocycles. The van der Waals surface area contributed by atoms with E-state index < -0.39 is 0 Å². The number of rotatable bonds is 3. The monoisotopic (exact) mass is 301 g/mol. The van der Waals surface area contributed by atoms with E-state index >= 15 is 0 Å². The van der Waals surface area contributed by atoms with Crippen LogP contribution in [0.3, 0.4) is 0 Å². The number of allylic oxidation sites excluding steroid dienone is 2. The van der Waals surface area contributed by atoms with Gasteiger partial charge in [-0.3, -0.25) is 5.01 Å². The van der Waals surface area contributed by atoms with Crippen LogP contribution in [0.2, 0.25) is 0 Å². The average molecular weight is 302 g/mol. The van der Waals surface area contributed by atoms with Gasteiger partial charge in [0.2, 0.25) is 0 Å². The third-order valence-electron chi connectivity index (χ3n) is 3.91. The second-order valence-corrected chi connectivity index (χ2v) is 6.67. The Balaban J connectivity index is 2.86. The predicted octanol–water partition coefficient (Wildman–Crippen LogP) is 3.42. The molecule has 4 heteroatoms. The standard InChI is InChI=1S/C13H24BrN3/c1-10(14)11(2)17(15-5)12-7-8-16(6)13(3,4)9-12/h12H,5,7-9H2,1-4,6H3/b11-10+. The topological polar surface area (TPSA) is 18.8 Å². The van der Waals surface area contributed by atoms with E-state index in [1.54, 1.807) is 0 Å². The van der Waals surface area contributed by atoms with Crippen LogP contribution in [-0.4, -0.2) is 41.8 Å². The van der Waals surface area contributed by atoms with Crippen LogP contribution >= 0.6 is 15.9 Å². The molecule has 3 nitrogen and oxygen atoms in total. The lowest BCUT2D eigenvalue weighted by molar-refractivity contribution is 0.0493. The zero-order valence-electron chi connectivity index (χ0n) is 11.6. The molecule has 0 bridgehead atoms. The third kappa shape index (κ3) is 3.32. The van der Waals surface area contributed by atoms with Gasteiger partial charge in [-0.25, -0.2) is 0 Å². The summed E-state index contributed by atoms with van der Waals surface area (Å²) in [5, 5.41) is 6.27. The van der Waals surface area contributed by atoms with Crippen molar-refractivity contribution in [3.05, 3.63) is 10.2 Å². The van der Waals surface area contributed by atoms with Crippen LogP contribution in [0.4, 0.5) is 0 Å². The second kappa shape index (κ2) is 5.53. The zero-order chi connectivity index (χ0) is 13.2. The Morgan fingerprint density at radius 3 is 2.47 bits per heavy atom. The molecule has 0 aromatic carbocycles. The van der Waals surface area contributed by atoms with E-state index in [1.165, 1.54) is 0 Å². The van der Waals surface area contributed by atoms with Crippen molar-refractivity contribution in [2.75, 3.05) is 13.6 Å². The zero-order valence-corrected chi connectivity index (χ0v) is 13.2. The van der Waals surface area contributed by atoms with Gasteiger partial charge in [-0.1, -0.05) is 15.9 Å². The van der Waals surface area contributed by atoms with E-state index in [0.29, 0.717) is 6.04 Å². The Labute approximate surface area is 114 Å². The molecule has 1 saturated heterocycles. The molecule has 0 aliphatic carbocycles. The fraction of sp³-hybridized carbons (Fsp3) is 0.769. The number of hydrogen-bond acceptors (Lipinski definition) is 3. The van der Waals surface area contributed by atoms with Crippen LogP contribution in [0.25, 0.3) is 0 Å². The summed E-state index contributed by atoms with van der Waals surface area (Å²) in [6, 6.07) is 0.450. The molecule has 0 aromatic rings. The molecule has 98 valence electrons. The SMILES string of the molecule is C=NN(/C(C)=C(\C)Br)C1CCN(C)C(C)(C)C1. The van der Waals surface area contributed by atoms with E-state index in [4.69, 9.17) is 0 Å². The molecule has 1 aliphatic rings. The molecule has 1 unspecified atom stereocenters. The normalized spacial score (nSPS) is 26.4. The van der Waals surface area contributed by atoms with Crippen molar-refractivity contribution < 1.29 is 0 Å². The molecule has 17 heavy (non-hydrogen) atoms. The van der Waals surface area contributed by atoms with Crippen molar-refractivity contribution in [3.8, 4) is 0 Å². The van der Waals surface area contributed by atoms with Crippen molar-refractivity contribution in [3.63, 3.8) is 0 Å². The average Bonchev–Trinajstić information content (AvgIpc) is 2.23. The van der Waals surface area contributed by atoms with Crippen molar-refractivity contribution in [2.24, 2.45) is 5.10 Å². The summed E-state index contributed by atoms with van der Waals surface area (Å²) in [5.74, 6) is 0. The molecule has 0 radical (unpaired) electrons. The summed E-state index contributed by atoms with van der Waals surface area (Å²) < 4.78 is 1.13.